The molecule has 2 aromatic heterocycles. The van der Waals surface area contributed by atoms with Crippen molar-refractivity contribution in [3.63, 3.8) is 0 Å². The highest BCUT2D eigenvalue weighted by molar-refractivity contribution is 6.19. The predicted molar refractivity (Wildman–Crippen MR) is 146 cm³/mol. The van der Waals surface area contributed by atoms with E-state index in [-0.39, 0.29) is 11.2 Å². The fraction of sp³-hybridized carbons (Fsp3) is 0.0909. The molecular formula is C33H22FNO. The molecule has 0 fully saturated rings. The average Bonchev–Trinajstić information content (AvgIpc) is 3.49. The summed E-state index contributed by atoms with van der Waals surface area (Å²) in [5.41, 5.74) is 9.93. The van der Waals surface area contributed by atoms with Crippen LogP contribution in [0.4, 0.5) is 4.39 Å². The second kappa shape index (κ2) is 6.64. The van der Waals surface area contributed by atoms with Crippen molar-refractivity contribution in [1.29, 1.82) is 0 Å². The Morgan fingerprint density at radius 3 is 2.31 bits per heavy atom. The summed E-state index contributed by atoms with van der Waals surface area (Å²) in [6.45, 7) is 4.62. The zero-order valence-corrected chi connectivity index (χ0v) is 20.0. The zero-order chi connectivity index (χ0) is 24.2. The standard InChI is InChI=1S/C33H22FNO/c1-33(2)27-9-5-3-7-21(27)23-15-16-24-25-17-26-22-8-4-6-10-29(22)36-30(26)18-28(25)35(32(24)31(23)33)20-13-11-19(34)12-14-20/h3-18H,1-2H3. The van der Waals surface area contributed by atoms with Gasteiger partial charge in [0.1, 0.15) is 17.0 Å². The lowest BCUT2D eigenvalue weighted by molar-refractivity contribution is 0.627. The van der Waals surface area contributed by atoms with Crippen LogP contribution in [0.1, 0.15) is 25.0 Å². The molecule has 0 spiro atoms. The normalized spacial score (nSPS) is 14.2. The van der Waals surface area contributed by atoms with Gasteiger partial charge in [0, 0.05) is 38.7 Å². The number of rotatable bonds is 1. The molecule has 36 heavy (non-hydrogen) atoms. The molecule has 0 atom stereocenters. The summed E-state index contributed by atoms with van der Waals surface area (Å²) in [6.07, 6.45) is 0. The van der Waals surface area contributed by atoms with Gasteiger partial charge in [-0.3, -0.25) is 0 Å². The molecule has 7 aromatic rings. The van der Waals surface area contributed by atoms with Crippen LogP contribution in [0.2, 0.25) is 0 Å². The van der Waals surface area contributed by atoms with Crippen LogP contribution >= 0.6 is 0 Å². The zero-order valence-electron chi connectivity index (χ0n) is 20.0. The summed E-state index contributed by atoms with van der Waals surface area (Å²) in [7, 11) is 0. The van der Waals surface area contributed by atoms with Crippen LogP contribution in [0, 0.1) is 5.82 Å². The molecule has 0 unspecified atom stereocenters. The van der Waals surface area contributed by atoms with Gasteiger partial charge in [0.2, 0.25) is 0 Å². The number of halogens is 1. The molecular weight excluding hydrogens is 445 g/mol. The van der Waals surface area contributed by atoms with Gasteiger partial charge in [0.25, 0.3) is 0 Å². The first-order valence-electron chi connectivity index (χ1n) is 12.3. The number of hydrogen-bond donors (Lipinski definition) is 0. The highest BCUT2D eigenvalue weighted by Crippen LogP contribution is 2.53. The second-order valence-corrected chi connectivity index (χ2v) is 10.3. The summed E-state index contributed by atoms with van der Waals surface area (Å²) in [5, 5.41) is 4.59. The van der Waals surface area contributed by atoms with Crippen LogP contribution in [0.15, 0.2) is 101 Å². The summed E-state index contributed by atoms with van der Waals surface area (Å²) in [5.74, 6) is -0.239. The Morgan fingerprint density at radius 2 is 1.44 bits per heavy atom. The number of fused-ring (bicyclic) bond motifs is 10. The maximum absolute atomic E-state index is 14.0. The largest absolute Gasteiger partial charge is 0.456 e. The van der Waals surface area contributed by atoms with Gasteiger partial charge in [-0.15, -0.1) is 0 Å². The Balaban J connectivity index is 1.59. The Morgan fingerprint density at radius 1 is 0.667 bits per heavy atom. The minimum absolute atomic E-state index is 0.177. The molecule has 8 rings (SSSR count). The van der Waals surface area contributed by atoms with Crippen molar-refractivity contribution in [3.05, 3.63) is 114 Å². The molecule has 0 aliphatic heterocycles. The number of furan rings is 1. The SMILES string of the molecule is CC1(C)c2ccccc2-c2ccc3c4cc5c(cc4n(-c4ccc(F)cc4)c3c21)oc1ccccc15. The van der Waals surface area contributed by atoms with Crippen molar-refractivity contribution < 1.29 is 8.81 Å². The fourth-order valence-corrected chi connectivity index (χ4v) is 6.44. The molecule has 1 aliphatic carbocycles. The molecule has 1 aliphatic rings. The number of benzene rings is 5. The average molecular weight is 468 g/mol. The number of aromatic nitrogens is 1. The Labute approximate surface area is 207 Å². The third kappa shape index (κ3) is 2.40. The van der Waals surface area contributed by atoms with Crippen molar-refractivity contribution in [1.82, 2.24) is 4.57 Å². The second-order valence-electron chi connectivity index (χ2n) is 10.3. The highest BCUT2D eigenvalue weighted by Gasteiger charge is 2.38. The minimum atomic E-state index is -0.239. The molecule has 0 saturated carbocycles. The first-order chi connectivity index (χ1) is 17.5. The highest BCUT2D eigenvalue weighted by atomic mass is 19.1. The van der Waals surface area contributed by atoms with Gasteiger partial charge in [0.15, 0.2) is 0 Å². The minimum Gasteiger partial charge on any atom is -0.456 e. The van der Waals surface area contributed by atoms with Crippen LogP contribution < -0.4 is 0 Å². The van der Waals surface area contributed by atoms with E-state index in [1.807, 2.05) is 24.3 Å². The predicted octanol–water partition coefficient (Wildman–Crippen LogP) is 9.13. The van der Waals surface area contributed by atoms with Crippen molar-refractivity contribution >= 4 is 43.7 Å². The van der Waals surface area contributed by atoms with E-state index < -0.39 is 0 Å². The molecule has 5 aromatic carbocycles. The van der Waals surface area contributed by atoms with Crippen LogP contribution in [0.5, 0.6) is 0 Å². The lowest BCUT2D eigenvalue weighted by atomic mass is 9.81. The van der Waals surface area contributed by atoms with E-state index in [9.17, 15) is 4.39 Å². The van der Waals surface area contributed by atoms with Crippen molar-refractivity contribution in [2.45, 2.75) is 19.3 Å². The van der Waals surface area contributed by atoms with E-state index in [2.05, 4.69) is 79.1 Å². The summed E-state index contributed by atoms with van der Waals surface area (Å²) < 4.78 is 22.6. The topological polar surface area (TPSA) is 18.1 Å². The number of nitrogens with zero attached hydrogens (tertiary/aromatic N) is 1. The van der Waals surface area contributed by atoms with E-state index in [0.29, 0.717) is 0 Å². The van der Waals surface area contributed by atoms with E-state index in [0.717, 1.165) is 33.1 Å². The monoisotopic (exact) mass is 467 g/mol. The van der Waals surface area contributed by atoms with Gasteiger partial charge in [-0.1, -0.05) is 68.4 Å². The van der Waals surface area contributed by atoms with Gasteiger partial charge in [-0.25, -0.2) is 4.39 Å². The molecule has 0 radical (unpaired) electrons. The van der Waals surface area contributed by atoms with Gasteiger partial charge >= 0.3 is 0 Å². The smallest absolute Gasteiger partial charge is 0.137 e. The Hall–Kier alpha value is -4.37. The van der Waals surface area contributed by atoms with Gasteiger partial charge in [0.05, 0.1) is 11.0 Å². The fourth-order valence-electron chi connectivity index (χ4n) is 6.44. The van der Waals surface area contributed by atoms with Crippen molar-refractivity contribution in [2.75, 3.05) is 0 Å². The van der Waals surface area contributed by atoms with Crippen LogP contribution in [-0.2, 0) is 5.41 Å². The van der Waals surface area contributed by atoms with E-state index >= 15 is 0 Å². The quantitative estimate of drug-likeness (QED) is 0.235. The van der Waals surface area contributed by atoms with Crippen molar-refractivity contribution in [3.8, 4) is 16.8 Å². The van der Waals surface area contributed by atoms with Gasteiger partial charge < -0.3 is 8.98 Å². The van der Waals surface area contributed by atoms with Crippen LogP contribution in [0.25, 0.3) is 60.6 Å². The number of para-hydroxylation sites is 1. The first kappa shape index (κ1) is 19.9. The van der Waals surface area contributed by atoms with E-state index in [1.54, 1.807) is 0 Å². The third-order valence-electron chi connectivity index (χ3n) is 8.03. The molecule has 3 heteroatoms. The molecule has 0 bridgehead atoms. The lowest BCUT2D eigenvalue weighted by Gasteiger charge is -2.23. The maximum Gasteiger partial charge on any atom is 0.137 e. The summed E-state index contributed by atoms with van der Waals surface area (Å²) in [6, 6.07) is 32.6. The maximum atomic E-state index is 14.0. The Bertz CT molecular complexity index is 2020. The lowest BCUT2D eigenvalue weighted by Crippen LogP contribution is -2.16. The molecule has 2 nitrogen and oxygen atoms in total. The molecule has 0 N–H and O–H groups in total. The summed E-state index contributed by atoms with van der Waals surface area (Å²) >= 11 is 0. The van der Waals surface area contributed by atoms with E-state index in [4.69, 9.17) is 4.42 Å². The van der Waals surface area contributed by atoms with Gasteiger partial charge in [-0.2, -0.15) is 0 Å². The van der Waals surface area contributed by atoms with E-state index in [1.165, 1.54) is 50.7 Å². The number of hydrogen-bond acceptors (Lipinski definition) is 1. The third-order valence-corrected chi connectivity index (χ3v) is 8.03. The molecule has 0 saturated heterocycles. The first-order valence-corrected chi connectivity index (χ1v) is 12.3. The summed E-state index contributed by atoms with van der Waals surface area (Å²) in [4.78, 5) is 0. The van der Waals surface area contributed by atoms with Gasteiger partial charge in [-0.05, 0) is 58.7 Å². The molecule has 0 amide bonds. The van der Waals surface area contributed by atoms with Crippen LogP contribution in [0.3, 0.4) is 0 Å². The van der Waals surface area contributed by atoms with Crippen molar-refractivity contribution in [2.24, 2.45) is 0 Å². The molecule has 172 valence electrons. The Kier molecular flexibility index (Phi) is 3.67. The van der Waals surface area contributed by atoms with Crippen LogP contribution in [-0.4, -0.2) is 4.57 Å². The molecule has 2 heterocycles.